The van der Waals surface area contributed by atoms with Gasteiger partial charge >= 0.3 is 6.09 Å². The van der Waals surface area contributed by atoms with Crippen molar-refractivity contribution in [3.8, 4) is 11.8 Å². The Morgan fingerprint density at radius 1 is 1.06 bits per heavy atom. The predicted octanol–water partition coefficient (Wildman–Crippen LogP) is 5.61. The highest BCUT2D eigenvalue weighted by Crippen LogP contribution is 2.59. The summed E-state index contributed by atoms with van der Waals surface area (Å²) in [6.07, 6.45) is 3.41. The third-order valence-corrected chi connectivity index (χ3v) is 10.8. The van der Waals surface area contributed by atoms with E-state index in [2.05, 4.69) is 48.5 Å². The van der Waals surface area contributed by atoms with E-state index in [1.165, 1.54) is 0 Å². The summed E-state index contributed by atoms with van der Waals surface area (Å²) < 4.78 is 12.0. The van der Waals surface area contributed by atoms with Gasteiger partial charge in [-0.25, -0.2) is 14.8 Å². The van der Waals surface area contributed by atoms with Crippen molar-refractivity contribution in [2.24, 2.45) is 16.7 Å². The Morgan fingerprint density at radius 3 is 2.33 bits per heavy atom. The Morgan fingerprint density at radius 2 is 1.73 bits per heavy atom. The van der Waals surface area contributed by atoms with Gasteiger partial charge in [0.2, 0.25) is 5.95 Å². The highest BCUT2D eigenvalue weighted by Gasteiger charge is 2.67. The molecule has 0 bridgehead atoms. The number of carbonyl (C=O) groups excluding carboxylic acids is 2. The second-order valence-electron chi connectivity index (χ2n) is 16.0. The number of ether oxygens (including phenoxy) is 2. The summed E-state index contributed by atoms with van der Waals surface area (Å²) in [5.41, 5.74) is 0.600. The molecule has 0 atom stereocenters. The molecule has 2 saturated heterocycles. The Balaban J connectivity index is 1.03. The number of hydrogen-bond donors (Lipinski definition) is 0. The van der Waals surface area contributed by atoms with Crippen molar-refractivity contribution in [3.63, 3.8) is 0 Å². The first-order valence-corrected chi connectivity index (χ1v) is 17.4. The van der Waals surface area contributed by atoms with E-state index in [-0.39, 0.29) is 35.0 Å². The molecule has 1 saturated carbocycles. The number of rotatable bonds is 6. The van der Waals surface area contributed by atoms with Gasteiger partial charge in [-0.05, 0) is 51.7 Å². The summed E-state index contributed by atoms with van der Waals surface area (Å²) in [6, 6.07) is 7.14. The Bertz CT molecular complexity index is 1580. The number of piperidine rings is 1. The van der Waals surface area contributed by atoms with Crippen LogP contribution in [0.5, 0.6) is 5.75 Å². The molecule has 2 aromatic rings. The van der Waals surface area contributed by atoms with E-state index in [1.807, 2.05) is 30.6 Å². The van der Waals surface area contributed by atoms with E-state index >= 15 is 0 Å². The number of nitriles is 1. The lowest BCUT2D eigenvalue weighted by atomic mass is 9.49. The van der Waals surface area contributed by atoms with Crippen LogP contribution < -0.4 is 9.64 Å². The maximum absolute atomic E-state index is 13.7. The molecule has 0 spiro atoms. The Labute approximate surface area is 289 Å². The third kappa shape index (κ3) is 6.53. The number of piperazine rings is 1. The Hall–Kier alpha value is -3.62. The SMILES string of the molecule is CC(C)(C)OC(=O)N1CCN(CC2CCN(c3ncc4c(n3)CN([C@H]3C(C)(C)[C@H](Oc5ccc(C#N)c(Cl)c5)C3(C)C)C4=O)CC2)CC1. The number of hydrogen-bond acceptors (Lipinski definition) is 9. The maximum Gasteiger partial charge on any atom is 0.410 e. The number of anilines is 1. The van der Waals surface area contributed by atoms with Gasteiger partial charge < -0.3 is 24.2 Å². The first kappa shape index (κ1) is 34.3. The number of carbonyl (C=O) groups is 2. The van der Waals surface area contributed by atoms with Crippen molar-refractivity contribution in [2.45, 2.75) is 85.6 Å². The van der Waals surface area contributed by atoms with E-state index in [0.29, 0.717) is 53.4 Å². The van der Waals surface area contributed by atoms with Crippen LogP contribution in [0, 0.1) is 28.1 Å². The van der Waals surface area contributed by atoms with E-state index in [0.717, 1.165) is 51.3 Å². The van der Waals surface area contributed by atoms with Crippen molar-refractivity contribution in [1.29, 1.82) is 5.26 Å². The van der Waals surface area contributed by atoms with Gasteiger partial charge in [0.05, 0.1) is 28.4 Å². The van der Waals surface area contributed by atoms with Crippen LogP contribution >= 0.6 is 11.6 Å². The van der Waals surface area contributed by atoms with Crippen LogP contribution in [0.3, 0.4) is 0 Å². The van der Waals surface area contributed by atoms with Crippen LogP contribution in [0.25, 0.3) is 0 Å². The van der Waals surface area contributed by atoms with Crippen molar-refractivity contribution in [1.82, 2.24) is 24.7 Å². The molecule has 1 aromatic carbocycles. The van der Waals surface area contributed by atoms with Crippen molar-refractivity contribution in [3.05, 3.63) is 46.2 Å². The second kappa shape index (κ2) is 12.7. The van der Waals surface area contributed by atoms with Gasteiger partial charge in [-0.2, -0.15) is 5.26 Å². The fourth-order valence-electron chi connectivity index (χ4n) is 8.59. The van der Waals surface area contributed by atoms with Crippen LogP contribution in [0.1, 0.15) is 82.9 Å². The van der Waals surface area contributed by atoms with Crippen molar-refractivity contribution >= 4 is 29.5 Å². The molecule has 12 heteroatoms. The molecule has 0 N–H and O–H groups in total. The molecule has 3 fully saturated rings. The van der Waals surface area contributed by atoms with Crippen LogP contribution in [0.15, 0.2) is 24.4 Å². The van der Waals surface area contributed by atoms with Crippen molar-refractivity contribution in [2.75, 3.05) is 50.7 Å². The lowest BCUT2D eigenvalue weighted by Crippen LogP contribution is -2.74. The number of aromatic nitrogens is 2. The molecule has 2 amide bonds. The highest BCUT2D eigenvalue weighted by atomic mass is 35.5. The van der Waals surface area contributed by atoms with Gasteiger partial charge in [-0.3, -0.25) is 9.69 Å². The number of nitrogens with zero attached hydrogens (tertiary/aromatic N) is 7. The number of fused-ring (bicyclic) bond motifs is 1. The number of amides is 2. The van der Waals surface area contributed by atoms with Crippen molar-refractivity contribution < 1.29 is 19.1 Å². The summed E-state index contributed by atoms with van der Waals surface area (Å²) in [6.45, 7) is 20.6. The van der Waals surface area contributed by atoms with Gasteiger partial charge in [0.1, 0.15) is 23.5 Å². The fraction of sp³-hybridized carbons (Fsp3) is 0.639. The molecule has 4 heterocycles. The fourth-order valence-corrected chi connectivity index (χ4v) is 8.80. The molecule has 11 nitrogen and oxygen atoms in total. The number of halogens is 1. The molecular weight excluding hydrogens is 630 g/mol. The van der Waals surface area contributed by atoms with E-state index in [9.17, 15) is 14.9 Å². The predicted molar refractivity (Wildman–Crippen MR) is 183 cm³/mol. The standard InChI is InChI=1S/C36H48ClN7O4/c1-34(2,3)48-33(46)43-16-14-41(15-17-43)21-23-10-12-42(13-11-23)32-39-20-26-28(40-32)22-44(29(26)45)30-35(4,5)31(36(30,6)7)47-25-9-8-24(19-38)27(37)18-25/h8-9,18,20,23,30-31H,10-17,21-22H2,1-7H3/t30-,31-. The average Bonchev–Trinajstić information content (AvgIpc) is 3.33. The molecular formula is C36H48ClN7O4. The van der Waals surface area contributed by atoms with Crippen LogP contribution in [-0.2, 0) is 11.3 Å². The number of benzene rings is 1. The average molecular weight is 678 g/mol. The zero-order chi connectivity index (χ0) is 34.6. The summed E-state index contributed by atoms with van der Waals surface area (Å²) in [5.74, 6) is 1.85. The second-order valence-corrected chi connectivity index (χ2v) is 16.4. The van der Waals surface area contributed by atoms with E-state index < -0.39 is 5.60 Å². The molecule has 48 heavy (non-hydrogen) atoms. The molecule has 1 aliphatic carbocycles. The molecule has 0 unspecified atom stereocenters. The molecule has 258 valence electrons. The molecule has 4 aliphatic rings. The summed E-state index contributed by atoms with van der Waals surface area (Å²) >= 11 is 6.27. The minimum Gasteiger partial charge on any atom is -0.489 e. The molecule has 3 aliphatic heterocycles. The van der Waals surface area contributed by atoms with Gasteiger partial charge in [0, 0.05) is 74.9 Å². The van der Waals surface area contributed by atoms with Gasteiger partial charge in [-0.15, -0.1) is 0 Å². The minimum atomic E-state index is -0.478. The first-order valence-electron chi connectivity index (χ1n) is 17.1. The largest absolute Gasteiger partial charge is 0.489 e. The smallest absolute Gasteiger partial charge is 0.410 e. The quantitative estimate of drug-likeness (QED) is 0.385. The molecule has 1 aromatic heterocycles. The van der Waals surface area contributed by atoms with Crippen LogP contribution in [-0.4, -0.2) is 100 Å². The van der Waals surface area contributed by atoms with E-state index in [1.54, 1.807) is 24.4 Å². The lowest BCUT2D eigenvalue weighted by molar-refractivity contribution is -0.199. The van der Waals surface area contributed by atoms with Gasteiger partial charge in [0.25, 0.3) is 5.91 Å². The topological polar surface area (TPSA) is 115 Å². The van der Waals surface area contributed by atoms with Gasteiger partial charge in [-0.1, -0.05) is 39.3 Å². The normalized spacial score (nSPS) is 24.1. The molecule has 0 radical (unpaired) electrons. The highest BCUT2D eigenvalue weighted by molar-refractivity contribution is 6.31. The zero-order valence-corrected chi connectivity index (χ0v) is 30.0. The van der Waals surface area contributed by atoms with E-state index in [4.69, 9.17) is 26.1 Å². The maximum atomic E-state index is 13.7. The van der Waals surface area contributed by atoms with Crippen LogP contribution in [0.4, 0.5) is 10.7 Å². The zero-order valence-electron chi connectivity index (χ0n) is 29.3. The minimum absolute atomic E-state index is 0.0342. The monoisotopic (exact) mass is 677 g/mol. The lowest BCUT2D eigenvalue weighted by Gasteiger charge is -2.65. The summed E-state index contributed by atoms with van der Waals surface area (Å²) in [5, 5.41) is 9.59. The first-order chi connectivity index (χ1) is 22.6. The Kier molecular flexibility index (Phi) is 9.05. The van der Waals surface area contributed by atoms with Gasteiger partial charge in [0.15, 0.2) is 0 Å². The third-order valence-electron chi connectivity index (χ3n) is 10.5. The summed E-state index contributed by atoms with van der Waals surface area (Å²) in [7, 11) is 0. The summed E-state index contributed by atoms with van der Waals surface area (Å²) in [4.78, 5) is 44.2. The van der Waals surface area contributed by atoms with Crippen LogP contribution in [0.2, 0.25) is 5.02 Å². The molecule has 6 rings (SSSR count).